The van der Waals surface area contributed by atoms with Gasteiger partial charge in [-0.3, -0.25) is 37.3 Å². The molecule has 0 rings (SSSR count). The zero-order valence-electron chi connectivity index (χ0n) is 52.1. The Morgan fingerprint density at radius 1 is 0.358 bits per heavy atom. The predicted molar refractivity (Wildman–Crippen MR) is 321 cm³/mol. The van der Waals surface area contributed by atoms with Gasteiger partial charge < -0.3 is 33.8 Å². The molecule has 480 valence electrons. The monoisotopic (exact) mass is 1200 g/mol. The van der Waals surface area contributed by atoms with E-state index < -0.39 is 97.5 Å². The van der Waals surface area contributed by atoms with Crippen LogP contribution in [0, 0.1) is 11.8 Å². The van der Waals surface area contributed by atoms with Crippen molar-refractivity contribution in [2.24, 2.45) is 11.8 Å². The molecule has 0 saturated carbocycles. The number of hydrogen-bond acceptors (Lipinski definition) is 15. The minimum atomic E-state index is -4.94. The summed E-state index contributed by atoms with van der Waals surface area (Å²) in [5.74, 6) is -0.702. The lowest BCUT2D eigenvalue weighted by atomic mass is 10.00. The molecule has 0 spiro atoms. The molecule has 0 aromatic carbocycles. The van der Waals surface area contributed by atoms with Crippen LogP contribution in [0.1, 0.15) is 305 Å². The van der Waals surface area contributed by atoms with Crippen molar-refractivity contribution in [1.82, 2.24) is 0 Å². The Balaban J connectivity index is 5.18. The Bertz CT molecular complexity index is 1600. The summed E-state index contributed by atoms with van der Waals surface area (Å²) in [6.45, 7) is 9.31. The predicted octanol–water partition coefficient (Wildman–Crippen LogP) is 16.9. The number of unbranched alkanes of at least 4 members (excludes halogenated alkanes) is 30. The first kappa shape index (κ1) is 79.1. The summed E-state index contributed by atoms with van der Waals surface area (Å²) in [6, 6.07) is 0. The van der Waals surface area contributed by atoms with Crippen molar-refractivity contribution < 1.29 is 80.2 Å². The topological polar surface area (TPSA) is 237 Å². The minimum absolute atomic E-state index is 0.102. The van der Waals surface area contributed by atoms with Crippen molar-refractivity contribution in [2.75, 3.05) is 39.6 Å². The number of carbonyl (C=O) groups excluding carboxylic acids is 4. The van der Waals surface area contributed by atoms with Crippen molar-refractivity contribution in [3.8, 4) is 0 Å². The number of aliphatic hydroxyl groups excluding tert-OH is 1. The van der Waals surface area contributed by atoms with Gasteiger partial charge in [-0.05, 0) is 37.5 Å². The van der Waals surface area contributed by atoms with E-state index in [1.54, 1.807) is 0 Å². The first-order chi connectivity index (χ1) is 38.9. The molecule has 0 aliphatic heterocycles. The van der Waals surface area contributed by atoms with Gasteiger partial charge in [0.25, 0.3) is 0 Å². The molecule has 0 aromatic rings. The second kappa shape index (κ2) is 54.7. The molecule has 81 heavy (non-hydrogen) atoms. The number of hydrogen-bond donors (Lipinski definition) is 3. The summed E-state index contributed by atoms with van der Waals surface area (Å²) >= 11 is 0. The molecule has 17 nitrogen and oxygen atoms in total. The number of carbonyl (C=O) groups is 4. The number of esters is 4. The van der Waals surface area contributed by atoms with Crippen LogP contribution in [0.15, 0.2) is 0 Å². The van der Waals surface area contributed by atoms with Crippen LogP contribution in [0.2, 0.25) is 0 Å². The van der Waals surface area contributed by atoms with Crippen LogP contribution in [0.4, 0.5) is 0 Å². The summed E-state index contributed by atoms with van der Waals surface area (Å²) in [4.78, 5) is 71.9. The largest absolute Gasteiger partial charge is 0.472 e. The third kappa shape index (κ3) is 55.7. The fraction of sp³-hybridized carbons (Fsp3) is 0.935. The lowest BCUT2D eigenvalue weighted by Crippen LogP contribution is -2.30. The number of phosphoric acid groups is 2. The highest BCUT2D eigenvalue weighted by Crippen LogP contribution is 2.45. The summed E-state index contributed by atoms with van der Waals surface area (Å²) < 4.78 is 67.7. The van der Waals surface area contributed by atoms with E-state index in [0.29, 0.717) is 25.7 Å². The Kier molecular flexibility index (Phi) is 53.4. The fourth-order valence-electron chi connectivity index (χ4n) is 9.15. The van der Waals surface area contributed by atoms with Crippen LogP contribution in [0.3, 0.4) is 0 Å². The molecule has 0 saturated heterocycles. The number of aliphatic hydroxyl groups is 1. The maximum Gasteiger partial charge on any atom is 0.472 e. The van der Waals surface area contributed by atoms with Gasteiger partial charge in [0.1, 0.15) is 19.3 Å². The molecule has 0 fully saturated rings. The van der Waals surface area contributed by atoms with Gasteiger partial charge in [-0.1, -0.05) is 253 Å². The highest BCUT2D eigenvalue weighted by atomic mass is 31.2. The molecule has 0 aliphatic carbocycles. The van der Waals surface area contributed by atoms with Crippen LogP contribution in [-0.2, 0) is 65.4 Å². The molecule has 0 aromatic heterocycles. The second-order valence-corrected chi connectivity index (χ2v) is 26.1. The van der Waals surface area contributed by atoms with E-state index in [2.05, 4.69) is 41.5 Å². The maximum atomic E-state index is 13.0. The van der Waals surface area contributed by atoms with Gasteiger partial charge in [0.2, 0.25) is 0 Å². The van der Waals surface area contributed by atoms with Gasteiger partial charge in [0, 0.05) is 25.7 Å². The zero-order valence-corrected chi connectivity index (χ0v) is 53.9. The molecule has 0 radical (unpaired) electrons. The molecular weight excluding hydrogens is 1080 g/mol. The lowest BCUT2D eigenvalue weighted by molar-refractivity contribution is -0.161. The fourth-order valence-corrected chi connectivity index (χ4v) is 10.7. The van der Waals surface area contributed by atoms with Gasteiger partial charge in [0.05, 0.1) is 26.4 Å². The average Bonchev–Trinajstić information content (AvgIpc) is 3.43. The number of phosphoric ester groups is 2. The Morgan fingerprint density at radius 2 is 0.630 bits per heavy atom. The van der Waals surface area contributed by atoms with Crippen LogP contribution >= 0.6 is 15.6 Å². The molecule has 19 heteroatoms. The molecule has 3 N–H and O–H groups in total. The number of ether oxygens (including phenoxy) is 4. The Hall–Kier alpha value is -1.94. The van der Waals surface area contributed by atoms with Gasteiger partial charge in [-0.2, -0.15) is 0 Å². The van der Waals surface area contributed by atoms with E-state index in [1.807, 2.05) is 0 Å². The summed E-state index contributed by atoms with van der Waals surface area (Å²) in [6.07, 6.45) is 36.6. The molecule has 0 amide bonds. The molecule has 0 bridgehead atoms. The van der Waals surface area contributed by atoms with E-state index in [1.165, 1.54) is 116 Å². The maximum absolute atomic E-state index is 13.0. The third-order valence-electron chi connectivity index (χ3n) is 14.6. The molecular formula is C62H120O17P2. The van der Waals surface area contributed by atoms with Gasteiger partial charge in [-0.25, -0.2) is 9.13 Å². The van der Waals surface area contributed by atoms with Crippen molar-refractivity contribution >= 4 is 39.5 Å². The van der Waals surface area contributed by atoms with Crippen molar-refractivity contribution in [3.63, 3.8) is 0 Å². The van der Waals surface area contributed by atoms with Gasteiger partial charge in [0.15, 0.2) is 12.2 Å². The normalized spacial score (nSPS) is 14.7. The van der Waals surface area contributed by atoms with Crippen molar-refractivity contribution in [3.05, 3.63) is 0 Å². The van der Waals surface area contributed by atoms with Crippen LogP contribution < -0.4 is 0 Å². The van der Waals surface area contributed by atoms with Crippen molar-refractivity contribution in [2.45, 2.75) is 323 Å². The lowest BCUT2D eigenvalue weighted by Gasteiger charge is -2.21. The number of rotatable bonds is 61. The first-order valence-electron chi connectivity index (χ1n) is 32.5. The Morgan fingerprint density at radius 3 is 0.938 bits per heavy atom. The van der Waals surface area contributed by atoms with Gasteiger partial charge >= 0.3 is 39.5 Å². The van der Waals surface area contributed by atoms with Crippen LogP contribution in [0.25, 0.3) is 0 Å². The van der Waals surface area contributed by atoms with E-state index in [9.17, 15) is 43.2 Å². The van der Waals surface area contributed by atoms with E-state index in [-0.39, 0.29) is 25.7 Å². The quantitative estimate of drug-likeness (QED) is 0.0222. The smallest absolute Gasteiger partial charge is 0.462 e. The summed E-state index contributed by atoms with van der Waals surface area (Å²) in [5, 5.41) is 10.5. The summed E-state index contributed by atoms with van der Waals surface area (Å²) in [7, 11) is -9.88. The standard InChI is InChI=1S/C62H120O17P2/c1-7-10-12-14-15-16-17-18-19-20-21-22-27-34-40-46-61(66)78-58(51-73-60(65)45-39-33-26-24-23-25-31-36-42-54(4)5)53-77-81(70,71)75-49-56(63)48-74-80(68,69)76-52-57(50-72-59(64)44-38-30-13-11-8-2)79-62(67)47-41-35-29-28-32-37-43-55(6)9-3/h54-58,63H,7-53H2,1-6H3,(H,68,69)(H,70,71)/t55?,56-,57+,58+/m0/s1. The highest BCUT2D eigenvalue weighted by molar-refractivity contribution is 7.47. The third-order valence-corrected chi connectivity index (χ3v) is 16.5. The van der Waals surface area contributed by atoms with E-state index in [4.69, 9.17) is 37.0 Å². The SMILES string of the molecule is CCCCCCCCCCCCCCCCCC(=O)O[C@H](COC(=O)CCCCCCCCCCC(C)C)COP(=O)(O)OC[C@@H](O)COP(=O)(O)OC[C@@H](COC(=O)CCCCCCC)OC(=O)CCCCCCCCC(C)CC. The van der Waals surface area contributed by atoms with Gasteiger partial charge in [-0.15, -0.1) is 0 Å². The Labute approximate surface area is 492 Å². The van der Waals surface area contributed by atoms with Crippen molar-refractivity contribution in [1.29, 1.82) is 0 Å². The van der Waals surface area contributed by atoms with E-state index in [0.717, 1.165) is 108 Å². The minimum Gasteiger partial charge on any atom is -0.462 e. The molecule has 6 atom stereocenters. The summed E-state index contributed by atoms with van der Waals surface area (Å²) in [5.41, 5.74) is 0. The first-order valence-corrected chi connectivity index (χ1v) is 35.5. The molecule has 0 heterocycles. The highest BCUT2D eigenvalue weighted by Gasteiger charge is 2.30. The zero-order chi connectivity index (χ0) is 60.1. The van der Waals surface area contributed by atoms with E-state index >= 15 is 0 Å². The average molecular weight is 1200 g/mol. The van der Waals surface area contributed by atoms with Crippen LogP contribution in [-0.4, -0.2) is 96.7 Å². The molecule has 3 unspecified atom stereocenters. The van der Waals surface area contributed by atoms with Crippen LogP contribution in [0.5, 0.6) is 0 Å². The molecule has 0 aliphatic rings. The second-order valence-electron chi connectivity index (χ2n) is 23.2.